The van der Waals surface area contributed by atoms with E-state index in [1.165, 1.54) is 6.42 Å². The van der Waals surface area contributed by atoms with Crippen LogP contribution >= 0.6 is 12.6 Å². The fraction of sp³-hybridized carbons (Fsp3) is 0.833. The van der Waals surface area contributed by atoms with E-state index >= 15 is 0 Å². The van der Waals surface area contributed by atoms with Gasteiger partial charge in [-0.25, -0.2) is 0 Å². The monoisotopic (exact) mass is 116 g/mol. The van der Waals surface area contributed by atoms with Gasteiger partial charge in [0, 0.05) is 5.75 Å². The fourth-order valence-electron chi connectivity index (χ4n) is 0.470. The van der Waals surface area contributed by atoms with Crippen LogP contribution < -0.4 is 0 Å². The molecule has 7 heavy (non-hydrogen) atoms. The van der Waals surface area contributed by atoms with Crippen LogP contribution in [-0.4, -0.2) is 5.75 Å². The minimum Gasteiger partial charge on any atom is -0.0939 e. The maximum Gasteiger partial charge on any atom is 0.00627 e. The Kier molecular flexibility index (Phi) is 4.73. The van der Waals surface area contributed by atoms with Gasteiger partial charge >= 0.3 is 0 Å². The number of hydrogen-bond acceptors (Lipinski definition) is 0. The van der Waals surface area contributed by atoms with E-state index in [9.17, 15) is 0 Å². The van der Waals surface area contributed by atoms with E-state index in [-0.39, 0.29) is 0 Å². The van der Waals surface area contributed by atoms with Crippen molar-refractivity contribution in [2.24, 2.45) is 5.92 Å². The number of rotatable bonds is 3. The van der Waals surface area contributed by atoms with Crippen LogP contribution in [0.5, 0.6) is 0 Å². The summed E-state index contributed by atoms with van der Waals surface area (Å²) in [5, 5.41) is 0. The maximum absolute atomic E-state index is 4.82. The van der Waals surface area contributed by atoms with Gasteiger partial charge in [0.15, 0.2) is 0 Å². The lowest BCUT2D eigenvalue weighted by Crippen LogP contribution is -1.93. The van der Waals surface area contributed by atoms with Crippen LogP contribution in [0.4, 0.5) is 0 Å². The van der Waals surface area contributed by atoms with Gasteiger partial charge < -0.3 is 0 Å². The average molecular weight is 116 g/mol. The van der Waals surface area contributed by atoms with Crippen molar-refractivity contribution < 1.29 is 0 Å². The summed E-state index contributed by atoms with van der Waals surface area (Å²) in [5.41, 5.74) is 0. The third-order valence-corrected chi connectivity index (χ3v) is 1.49. The molecule has 1 unspecified atom stereocenters. The van der Waals surface area contributed by atoms with Gasteiger partial charge in [0.2, 0.25) is 0 Å². The summed E-state index contributed by atoms with van der Waals surface area (Å²) in [5.74, 6) is 1.60. The quantitative estimate of drug-likeness (QED) is 0.531. The SMILES string of the molecule is C[CH]CC(C)C[S]. The van der Waals surface area contributed by atoms with Gasteiger partial charge in [-0.3, -0.25) is 0 Å². The second kappa shape index (κ2) is 4.51. The normalized spacial score (nSPS) is 14.1. The van der Waals surface area contributed by atoms with Crippen molar-refractivity contribution in [3.8, 4) is 0 Å². The molecule has 0 nitrogen and oxygen atoms in total. The van der Waals surface area contributed by atoms with Crippen LogP contribution in [0.15, 0.2) is 0 Å². The Morgan fingerprint density at radius 3 is 2.43 bits per heavy atom. The van der Waals surface area contributed by atoms with E-state index < -0.39 is 0 Å². The Labute approximate surface area is 51.7 Å². The Bertz CT molecular complexity index is 35.2. The molecule has 0 fully saturated rings. The van der Waals surface area contributed by atoms with E-state index in [0.29, 0.717) is 5.92 Å². The van der Waals surface area contributed by atoms with Crippen molar-refractivity contribution in [3.05, 3.63) is 6.42 Å². The first kappa shape index (κ1) is 7.35. The zero-order chi connectivity index (χ0) is 5.70. The molecule has 0 bridgehead atoms. The molecule has 0 amide bonds. The zero-order valence-corrected chi connectivity index (χ0v) is 5.79. The van der Waals surface area contributed by atoms with Crippen molar-refractivity contribution in [2.45, 2.75) is 20.3 Å². The van der Waals surface area contributed by atoms with Crippen LogP contribution in [0.2, 0.25) is 0 Å². The summed E-state index contributed by atoms with van der Waals surface area (Å²) in [4.78, 5) is 0. The molecule has 0 aliphatic heterocycles. The van der Waals surface area contributed by atoms with Gasteiger partial charge in [-0.15, -0.1) is 0 Å². The summed E-state index contributed by atoms with van der Waals surface area (Å²) in [6.45, 7) is 4.24. The summed E-state index contributed by atoms with van der Waals surface area (Å²) in [7, 11) is 0. The Hall–Kier alpha value is 0.350. The van der Waals surface area contributed by atoms with Gasteiger partial charge in [-0.2, -0.15) is 0 Å². The molecule has 0 N–H and O–H groups in total. The topological polar surface area (TPSA) is 0 Å². The standard InChI is InChI=1S/C6H12S/c1-3-4-6(2)5-7/h3,6H,4-5H2,1-2H3. The predicted octanol–water partition coefficient (Wildman–Crippen LogP) is 2.43. The third-order valence-electron chi connectivity index (χ3n) is 0.923. The molecular formula is C6H12S. The van der Waals surface area contributed by atoms with Crippen LogP contribution in [0.25, 0.3) is 0 Å². The summed E-state index contributed by atoms with van der Waals surface area (Å²) >= 11 is 4.82. The predicted molar refractivity (Wildman–Crippen MR) is 36.2 cm³/mol. The minimum absolute atomic E-state index is 0.708. The molecule has 0 saturated carbocycles. The largest absolute Gasteiger partial charge is 0.0939 e. The first-order valence-corrected chi connectivity index (χ1v) is 3.25. The lowest BCUT2D eigenvalue weighted by Gasteiger charge is -2.01. The third kappa shape index (κ3) is 4.20. The molecule has 1 heteroatoms. The van der Waals surface area contributed by atoms with Gasteiger partial charge in [-0.1, -0.05) is 26.5 Å². The van der Waals surface area contributed by atoms with Gasteiger partial charge in [0.1, 0.15) is 0 Å². The van der Waals surface area contributed by atoms with Crippen molar-refractivity contribution in [3.63, 3.8) is 0 Å². The van der Waals surface area contributed by atoms with Crippen LogP contribution in [0, 0.1) is 12.3 Å². The lowest BCUT2D eigenvalue weighted by atomic mass is 10.1. The molecule has 0 aliphatic rings. The molecule has 0 aromatic heterocycles. The van der Waals surface area contributed by atoms with Crippen molar-refractivity contribution in [1.82, 2.24) is 0 Å². The van der Waals surface area contributed by atoms with Gasteiger partial charge in [0.25, 0.3) is 0 Å². The highest BCUT2D eigenvalue weighted by Crippen LogP contribution is 2.04. The fourth-order valence-corrected chi connectivity index (χ4v) is 0.606. The highest BCUT2D eigenvalue weighted by atomic mass is 32.1. The van der Waals surface area contributed by atoms with E-state index in [1.54, 1.807) is 0 Å². The lowest BCUT2D eigenvalue weighted by molar-refractivity contribution is 0.651. The molecule has 2 radical (unpaired) electrons. The van der Waals surface area contributed by atoms with Crippen molar-refractivity contribution >= 4 is 12.6 Å². The first-order chi connectivity index (χ1) is 3.31. The smallest absolute Gasteiger partial charge is 0.00627 e. The summed E-state index contributed by atoms with van der Waals surface area (Å²) in [6.07, 6.45) is 3.33. The van der Waals surface area contributed by atoms with E-state index in [1.807, 2.05) is 0 Å². The summed E-state index contributed by atoms with van der Waals surface area (Å²) < 4.78 is 0. The van der Waals surface area contributed by atoms with Crippen LogP contribution in [-0.2, 0) is 0 Å². The molecule has 0 rings (SSSR count). The van der Waals surface area contributed by atoms with Gasteiger partial charge in [0.05, 0.1) is 0 Å². The zero-order valence-electron chi connectivity index (χ0n) is 4.98. The molecule has 42 valence electrons. The second-order valence-corrected chi connectivity index (χ2v) is 2.25. The van der Waals surface area contributed by atoms with Crippen molar-refractivity contribution in [2.75, 3.05) is 5.75 Å². The second-order valence-electron chi connectivity index (χ2n) is 1.92. The van der Waals surface area contributed by atoms with E-state index in [0.717, 1.165) is 5.75 Å². The molecule has 0 spiro atoms. The Balaban J connectivity index is 2.83. The minimum atomic E-state index is 0.708. The van der Waals surface area contributed by atoms with Crippen LogP contribution in [0.1, 0.15) is 20.3 Å². The molecule has 0 aliphatic carbocycles. The van der Waals surface area contributed by atoms with E-state index in [2.05, 4.69) is 20.3 Å². The molecule has 0 heterocycles. The highest BCUT2D eigenvalue weighted by Gasteiger charge is 1.94. The molecular weight excluding hydrogens is 104 g/mol. The Morgan fingerprint density at radius 2 is 2.29 bits per heavy atom. The Morgan fingerprint density at radius 1 is 1.71 bits per heavy atom. The number of hydrogen-bond donors (Lipinski definition) is 0. The molecule has 0 aromatic carbocycles. The van der Waals surface area contributed by atoms with Crippen LogP contribution in [0.3, 0.4) is 0 Å². The maximum atomic E-state index is 4.82. The molecule has 0 aromatic rings. The average Bonchev–Trinajstić information content (AvgIpc) is 1.68. The van der Waals surface area contributed by atoms with Crippen molar-refractivity contribution in [1.29, 1.82) is 0 Å². The first-order valence-electron chi connectivity index (χ1n) is 2.67. The van der Waals surface area contributed by atoms with E-state index in [4.69, 9.17) is 12.6 Å². The summed E-state index contributed by atoms with van der Waals surface area (Å²) in [6, 6.07) is 0. The highest BCUT2D eigenvalue weighted by molar-refractivity contribution is 7.80. The van der Waals surface area contributed by atoms with Gasteiger partial charge in [-0.05, 0) is 18.8 Å². The molecule has 1 atom stereocenters. The molecule has 0 saturated heterocycles.